The molecule has 10 heavy (non-hydrogen) atoms. The molecular weight excluding hydrogens is 168 g/mol. The van der Waals surface area contributed by atoms with Crippen molar-refractivity contribution in [2.24, 2.45) is 0 Å². The average Bonchev–Trinajstić information content (AvgIpc) is 2.08. The monoisotopic (exact) mass is 183 g/mol. The van der Waals surface area contributed by atoms with Gasteiger partial charge in [0.25, 0.3) is 0 Å². The lowest BCUT2D eigenvalue weighted by atomic mass is 10.4. The lowest BCUT2D eigenvalue weighted by Gasteiger charge is -2.12. The zero-order chi connectivity index (χ0) is 6.91. The van der Waals surface area contributed by atoms with Crippen LogP contribution in [0, 0.1) is 0 Å². The topological polar surface area (TPSA) is 29.1 Å². The summed E-state index contributed by atoms with van der Waals surface area (Å²) in [6.07, 6.45) is 1.10. The van der Waals surface area contributed by atoms with Crippen LogP contribution in [0.5, 0.6) is 0 Å². The third kappa shape index (κ3) is 2.61. The highest BCUT2D eigenvalue weighted by atomic mass is 35.5. The van der Waals surface area contributed by atoms with E-state index >= 15 is 0 Å². The van der Waals surface area contributed by atoms with Gasteiger partial charge in [0.1, 0.15) is 0 Å². The molecule has 1 fully saturated rings. The van der Waals surface area contributed by atoms with Crippen molar-refractivity contribution in [3.05, 3.63) is 0 Å². The van der Waals surface area contributed by atoms with Crippen molar-refractivity contribution in [3.63, 3.8) is 0 Å². The molecule has 0 aromatic heterocycles. The van der Waals surface area contributed by atoms with Gasteiger partial charge in [0.15, 0.2) is 0 Å². The highest BCUT2D eigenvalue weighted by molar-refractivity contribution is 7.63. The molecule has 0 spiro atoms. The Morgan fingerprint density at radius 2 is 2.10 bits per heavy atom. The fourth-order valence-corrected chi connectivity index (χ4v) is 2.49. The van der Waals surface area contributed by atoms with Crippen LogP contribution in [0.4, 0.5) is 0 Å². The number of rotatable bonds is 1. The molecule has 1 heterocycles. The van der Waals surface area contributed by atoms with Crippen molar-refractivity contribution in [1.29, 1.82) is 0 Å². The molecule has 0 aromatic carbocycles. The van der Waals surface area contributed by atoms with E-state index in [1.54, 1.807) is 0 Å². The first-order valence-corrected chi connectivity index (χ1v) is 6.03. The van der Waals surface area contributed by atoms with Gasteiger partial charge in [-0.25, -0.2) is 0 Å². The second-order valence-electron chi connectivity index (χ2n) is 3.08. The van der Waals surface area contributed by atoms with E-state index in [-0.39, 0.29) is 12.4 Å². The van der Waals surface area contributed by atoms with Gasteiger partial charge >= 0.3 is 0 Å². The molecule has 0 aromatic rings. The Kier molecular flexibility index (Phi) is 3.93. The van der Waals surface area contributed by atoms with Crippen molar-refractivity contribution < 1.29 is 4.57 Å². The van der Waals surface area contributed by atoms with E-state index in [4.69, 9.17) is 0 Å². The quantitative estimate of drug-likeness (QED) is 0.623. The number of halogens is 1. The molecule has 0 saturated carbocycles. The van der Waals surface area contributed by atoms with Gasteiger partial charge in [-0.3, -0.25) is 0 Å². The Hall–Kier alpha value is 0.480. The molecular formula is C6H15ClNOP. The summed E-state index contributed by atoms with van der Waals surface area (Å²) in [5.41, 5.74) is 0.456. The molecule has 62 valence electrons. The third-order valence-electron chi connectivity index (χ3n) is 1.91. The molecule has 1 unspecified atom stereocenters. The average molecular weight is 184 g/mol. The molecule has 0 aliphatic carbocycles. The Labute approximate surface area is 68.6 Å². The summed E-state index contributed by atoms with van der Waals surface area (Å²) in [5.74, 6) is 0. The molecule has 1 saturated heterocycles. The van der Waals surface area contributed by atoms with Crippen molar-refractivity contribution in [2.75, 3.05) is 26.4 Å². The zero-order valence-corrected chi connectivity index (χ0v) is 8.17. The Morgan fingerprint density at radius 1 is 1.50 bits per heavy atom. The summed E-state index contributed by atoms with van der Waals surface area (Å²) < 4.78 is 11.4. The Balaban J connectivity index is 0.000000810. The summed E-state index contributed by atoms with van der Waals surface area (Å²) in [6.45, 7) is 5.77. The van der Waals surface area contributed by atoms with Gasteiger partial charge in [0.05, 0.1) is 7.14 Å². The first kappa shape index (κ1) is 10.5. The van der Waals surface area contributed by atoms with E-state index < -0.39 is 7.14 Å². The van der Waals surface area contributed by atoms with E-state index in [9.17, 15) is 4.57 Å². The van der Waals surface area contributed by atoms with Gasteiger partial charge in [0.2, 0.25) is 0 Å². The van der Waals surface area contributed by atoms with Crippen LogP contribution in [0.3, 0.4) is 0 Å². The first-order valence-electron chi connectivity index (χ1n) is 3.36. The molecule has 1 rings (SSSR count). The maximum absolute atomic E-state index is 11.4. The van der Waals surface area contributed by atoms with Gasteiger partial charge < -0.3 is 9.88 Å². The maximum atomic E-state index is 11.4. The lowest BCUT2D eigenvalue weighted by molar-refractivity contribution is 0.574. The molecule has 4 heteroatoms. The van der Waals surface area contributed by atoms with Gasteiger partial charge in [-0.2, -0.15) is 0 Å². The van der Waals surface area contributed by atoms with Crippen LogP contribution in [-0.4, -0.2) is 32.1 Å². The summed E-state index contributed by atoms with van der Waals surface area (Å²) in [6, 6.07) is 0. The summed E-state index contributed by atoms with van der Waals surface area (Å²) in [4.78, 5) is 0. The van der Waals surface area contributed by atoms with Gasteiger partial charge in [0, 0.05) is 12.2 Å². The second kappa shape index (κ2) is 3.75. The number of hydrogen-bond acceptors (Lipinski definition) is 2. The van der Waals surface area contributed by atoms with Crippen LogP contribution in [-0.2, 0) is 4.57 Å². The van der Waals surface area contributed by atoms with Gasteiger partial charge in [-0.1, -0.05) is 0 Å². The summed E-state index contributed by atoms with van der Waals surface area (Å²) in [5, 5.41) is 3.21. The van der Waals surface area contributed by atoms with Gasteiger partial charge in [-0.05, 0) is 26.3 Å². The van der Waals surface area contributed by atoms with Crippen molar-refractivity contribution >= 4 is 19.5 Å². The van der Waals surface area contributed by atoms with E-state index in [1.807, 2.05) is 13.3 Å². The molecule has 1 atom stereocenters. The summed E-state index contributed by atoms with van der Waals surface area (Å²) in [7, 11) is -1.78. The van der Waals surface area contributed by atoms with Crippen molar-refractivity contribution in [1.82, 2.24) is 5.32 Å². The van der Waals surface area contributed by atoms with Crippen LogP contribution >= 0.6 is 19.5 Å². The van der Waals surface area contributed by atoms with Crippen LogP contribution < -0.4 is 5.32 Å². The fraction of sp³-hybridized carbons (Fsp3) is 1.00. The molecule has 0 amide bonds. The highest BCUT2D eigenvalue weighted by Crippen LogP contribution is 2.44. The molecule has 1 aliphatic rings. The predicted molar refractivity (Wildman–Crippen MR) is 48.0 cm³/mol. The molecule has 1 aliphatic heterocycles. The fourth-order valence-electron chi connectivity index (χ4n) is 1.17. The summed E-state index contributed by atoms with van der Waals surface area (Å²) >= 11 is 0. The van der Waals surface area contributed by atoms with Crippen molar-refractivity contribution in [3.8, 4) is 0 Å². The van der Waals surface area contributed by atoms with Gasteiger partial charge in [-0.15, -0.1) is 12.4 Å². The molecule has 0 radical (unpaired) electrons. The standard InChI is InChI=1S/C6H14NOP.ClH/c1-9(2,8)6-3-4-7-5-6;/h6-7H,3-5H2,1-2H3;1H. The molecule has 0 bridgehead atoms. The first-order chi connectivity index (χ1) is 4.11. The minimum atomic E-state index is -1.78. The van der Waals surface area contributed by atoms with Crippen LogP contribution in [0.2, 0.25) is 0 Å². The smallest absolute Gasteiger partial charge is 0.0861 e. The largest absolute Gasteiger partial charge is 0.324 e. The normalized spacial score (nSPS) is 26.0. The van der Waals surface area contributed by atoms with Crippen LogP contribution in [0.25, 0.3) is 0 Å². The SMILES string of the molecule is CP(C)(=O)C1CCNC1.Cl. The third-order valence-corrected chi connectivity index (χ3v) is 4.11. The van der Waals surface area contributed by atoms with E-state index in [0.717, 1.165) is 19.5 Å². The second-order valence-corrected chi connectivity index (χ2v) is 6.68. The van der Waals surface area contributed by atoms with E-state index in [2.05, 4.69) is 5.32 Å². The minimum absolute atomic E-state index is 0. The number of nitrogens with one attached hydrogen (secondary N) is 1. The molecule has 1 N–H and O–H groups in total. The van der Waals surface area contributed by atoms with Crippen molar-refractivity contribution in [2.45, 2.75) is 12.1 Å². The Bertz CT molecular complexity index is 139. The molecule has 2 nitrogen and oxygen atoms in total. The lowest BCUT2D eigenvalue weighted by Crippen LogP contribution is -2.12. The number of hydrogen-bond donors (Lipinski definition) is 1. The van der Waals surface area contributed by atoms with Crippen LogP contribution in [0.15, 0.2) is 0 Å². The van der Waals surface area contributed by atoms with E-state index in [0.29, 0.717) is 5.66 Å². The minimum Gasteiger partial charge on any atom is -0.324 e. The maximum Gasteiger partial charge on any atom is 0.0861 e. The highest BCUT2D eigenvalue weighted by Gasteiger charge is 2.25. The van der Waals surface area contributed by atoms with Crippen LogP contribution in [0.1, 0.15) is 6.42 Å². The Morgan fingerprint density at radius 3 is 2.30 bits per heavy atom. The zero-order valence-electron chi connectivity index (χ0n) is 6.46. The van der Waals surface area contributed by atoms with E-state index in [1.165, 1.54) is 0 Å². The predicted octanol–water partition coefficient (Wildman–Crippen LogP) is 1.39.